The molecule has 0 bridgehead atoms. The fourth-order valence-electron chi connectivity index (χ4n) is 1.81. The molecule has 2 rings (SSSR count). The normalized spacial score (nSPS) is 10.3. The van der Waals surface area contributed by atoms with Gasteiger partial charge in [-0.1, -0.05) is 23.4 Å². The Bertz CT molecular complexity index is 581. The molecule has 0 saturated carbocycles. The Labute approximate surface area is 145 Å². The number of ether oxygens (including phenoxy) is 1. The molecule has 0 aliphatic rings. The molecule has 0 radical (unpaired) electrons. The molecule has 22 heavy (non-hydrogen) atoms. The molecule has 0 fully saturated rings. The summed E-state index contributed by atoms with van der Waals surface area (Å²) in [6, 6.07) is 5.64. The lowest BCUT2D eigenvalue weighted by Crippen LogP contribution is -3.00. The van der Waals surface area contributed by atoms with Gasteiger partial charge in [0.05, 0.1) is 7.11 Å². The number of benzene rings is 1. The number of halogens is 2. The van der Waals surface area contributed by atoms with Crippen molar-refractivity contribution in [2.24, 2.45) is 7.05 Å². The molecule has 1 aromatic carbocycles. The quantitative estimate of drug-likeness (QED) is 0.487. The number of methoxy groups -OCH3 is 1. The minimum Gasteiger partial charge on any atom is -1.00 e. The fraction of sp³-hybridized carbons (Fsp3) is 0.462. The molecular weight excluding hydrogens is 345 g/mol. The first kappa shape index (κ1) is 19.0. The molecule has 1 heterocycles. The zero-order valence-corrected chi connectivity index (χ0v) is 14.8. The van der Waals surface area contributed by atoms with Gasteiger partial charge in [0.15, 0.2) is 0 Å². The highest BCUT2D eigenvalue weighted by atomic mass is 35.5. The maximum absolute atomic E-state index is 6.00. The van der Waals surface area contributed by atoms with Gasteiger partial charge in [-0.2, -0.15) is 0 Å². The summed E-state index contributed by atoms with van der Waals surface area (Å²) < 4.78 is 6.99. The van der Waals surface area contributed by atoms with E-state index in [1.165, 1.54) is 0 Å². The number of hydrogen-bond acceptors (Lipinski definition) is 6. The summed E-state index contributed by atoms with van der Waals surface area (Å²) in [5.74, 6) is 1.82. The standard InChI is InChI=1S/C13H18ClN5OS.ClH/c1-19-13(16-17-18-19)21-7-3-6-15-9-10-8-11(14)4-5-12(10)20-2;/h4-5,8,15H,3,6-7,9H2,1-2H3;1H/p-1. The third-order valence-electron chi connectivity index (χ3n) is 2.87. The number of nitrogens with zero attached hydrogens (tertiary/aromatic N) is 4. The van der Waals surface area contributed by atoms with Crippen LogP contribution in [0, 0.1) is 0 Å². The van der Waals surface area contributed by atoms with Crippen LogP contribution < -0.4 is 22.5 Å². The van der Waals surface area contributed by atoms with Crippen molar-refractivity contribution < 1.29 is 17.1 Å². The summed E-state index contributed by atoms with van der Waals surface area (Å²) in [5, 5.41) is 16.3. The van der Waals surface area contributed by atoms with Crippen LogP contribution in [-0.4, -0.2) is 39.6 Å². The Kier molecular flexibility index (Phi) is 8.55. The predicted octanol–water partition coefficient (Wildman–Crippen LogP) is -0.852. The highest BCUT2D eigenvalue weighted by molar-refractivity contribution is 7.99. The minimum absolute atomic E-state index is 0. The number of aromatic nitrogens is 4. The van der Waals surface area contributed by atoms with Gasteiger partial charge < -0.3 is 22.5 Å². The van der Waals surface area contributed by atoms with Gasteiger partial charge in [-0.3, -0.25) is 0 Å². The summed E-state index contributed by atoms with van der Waals surface area (Å²) in [5.41, 5.74) is 1.06. The molecule has 0 atom stereocenters. The molecule has 2 aromatic rings. The van der Waals surface area contributed by atoms with Gasteiger partial charge in [-0.05, 0) is 41.6 Å². The molecule has 0 amide bonds. The zero-order chi connectivity index (χ0) is 15.1. The monoisotopic (exact) mass is 362 g/mol. The second kappa shape index (κ2) is 9.89. The molecule has 1 N–H and O–H groups in total. The van der Waals surface area contributed by atoms with Gasteiger partial charge in [0, 0.05) is 29.9 Å². The van der Waals surface area contributed by atoms with E-state index in [0.29, 0.717) is 0 Å². The Balaban J connectivity index is 0.00000242. The van der Waals surface area contributed by atoms with Crippen molar-refractivity contribution in [1.82, 2.24) is 25.5 Å². The molecule has 0 aliphatic carbocycles. The highest BCUT2D eigenvalue weighted by Crippen LogP contribution is 2.22. The van der Waals surface area contributed by atoms with Crippen LogP contribution >= 0.6 is 23.4 Å². The third-order valence-corrected chi connectivity index (χ3v) is 4.20. The van der Waals surface area contributed by atoms with E-state index in [-0.39, 0.29) is 12.4 Å². The van der Waals surface area contributed by atoms with E-state index in [9.17, 15) is 0 Å². The lowest BCUT2D eigenvalue weighted by Gasteiger charge is -2.10. The number of aryl methyl sites for hydroxylation is 1. The predicted molar refractivity (Wildman–Crippen MR) is 83.8 cm³/mol. The highest BCUT2D eigenvalue weighted by Gasteiger charge is 2.04. The summed E-state index contributed by atoms with van der Waals surface area (Å²) >= 11 is 7.65. The summed E-state index contributed by atoms with van der Waals surface area (Å²) in [6.45, 7) is 1.65. The van der Waals surface area contributed by atoms with Crippen LogP contribution in [0.5, 0.6) is 5.75 Å². The first-order valence-electron chi connectivity index (χ1n) is 6.59. The van der Waals surface area contributed by atoms with Crippen LogP contribution in [0.25, 0.3) is 0 Å². The van der Waals surface area contributed by atoms with E-state index in [1.54, 1.807) is 23.6 Å². The second-order valence-electron chi connectivity index (χ2n) is 4.42. The zero-order valence-electron chi connectivity index (χ0n) is 12.4. The van der Waals surface area contributed by atoms with Gasteiger partial charge in [0.25, 0.3) is 0 Å². The molecule has 0 aliphatic heterocycles. The van der Waals surface area contributed by atoms with Crippen LogP contribution in [0.15, 0.2) is 23.4 Å². The average Bonchev–Trinajstić information content (AvgIpc) is 2.88. The SMILES string of the molecule is COc1ccc(Cl)cc1CNCCCSc1nnnn1C.[Cl-]. The van der Waals surface area contributed by atoms with E-state index in [0.717, 1.165) is 46.8 Å². The first-order chi connectivity index (χ1) is 10.2. The molecule has 122 valence electrons. The van der Waals surface area contributed by atoms with Crippen molar-refractivity contribution in [2.45, 2.75) is 18.1 Å². The Morgan fingerprint density at radius 2 is 2.23 bits per heavy atom. The van der Waals surface area contributed by atoms with Gasteiger partial charge >= 0.3 is 0 Å². The number of rotatable bonds is 8. The molecule has 1 aromatic heterocycles. The molecular formula is C13H18Cl2N5OS-. The number of tetrazole rings is 1. The second-order valence-corrected chi connectivity index (χ2v) is 5.92. The van der Waals surface area contributed by atoms with Gasteiger partial charge in [-0.15, -0.1) is 5.10 Å². The smallest absolute Gasteiger partial charge is 0.209 e. The van der Waals surface area contributed by atoms with E-state index in [2.05, 4.69) is 20.8 Å². The number of thioether (sulfide) groups is 1. The molecule has 0 unspecified atom stereocenters. The van der Waals surface area contributed by atoms with Crippen molar-refractivity contribution in [3.8, 4) is 5.75 Å². The van der Waals surface area contributed by atoms with Crippen LogP contribution in [-0.2, 0) is 13.6 Å². The molecule has 0 saturated heterocycles. The fourth-order valence-corrected chi connectivity index (χ4v) is 2.80. The van der Waals surface area contributed by atoms with E-state index < -0.39 is 0 Å². The topological polar surface area (TPSA) is 64.9 Å². The number of hydrogen-bond donors (Lipinski definition) is 1. The van der Waals surface area contributed by atoms with Crippen LogP contribution in [0.3, 0.4) is 0 Å². The van der Waals surface area contributed by atoms with E-state index in [4.69, 9.17) is 16.3 Å². The summed E-state index contributed by atoms with van der Waals surface area (Å²) in [6.07, 6.45) is 1.03. The van der Waals surface area contributed by atoms with Crippen LogP contribution in [0.4, 0.5) is 0 Å². The summed E-state index contributed by atoms with van der Waals surface area (Å²) in [4.78, 5) is 0. The average molecular weight is 363 g/mol. The molecule has 0 spiro atoms. The van der Waals surface area contributed by atoms with Crippen molar-refractivity contribution in [3.05, 3.63) is 28.8 Å². The van der Waals surface area contributed by atoms with Crippen molar-refractivity contribution >= 4 is 23.4 Å². The maximum atomic E-state index is 6.00. The summed E-state index contributed by atoms with van der Waals surface area (Å²) in [7, 11) is 3.50. The third kappa shape index (κ3) is 5.64. The molecule has 6 nitrogen and oxygen atoms in total. The first-order valence-corrected chi connectivity index (χ1v) is 7.95. The van der Waals surface area contributed by atoms with Gasteiger partial charge in [0.1, 0.15) is 5.75 Å². The Morgan fingerprint density at radius 3 is 2.91 bits per heavy atom. The van der Waals surface area contributed by atoms with E-state index in [1.807, 2.05) is 25.2 Å². The van der Waals surface area contributed by atoms with Crippen molar-refractivity contribution in [1.29, 1.82) is 0 Å². The van der Waals surface area contributed by atoms with Gasteiger partial charge in [-0.25, -0.2) is 4.68 Å². The Hall–Kier alpha value is -1.02. The van der Waals surface area contributed by atoms with Crippen molar-refractivity contribution in [3.63, 3.8) is 0 Å². The number of nitrogens with one attached hydrogen (secondary N) is 1. The van der Waals surface area contributed by atoms with Crippen molar-refractivity contribution in [2.75, 3.05) is 19.4 Å². The van der Waals surface area contributed by atoms with Gasteiger partial charge in [0.2, 0.25) is 5.16 Å². The molecule has 9 heteroatoms. The van der Waals surface area contributed by atoms with Crippen LogP contribution in [0.1, 0.15) is 12.0 Å². The minimum atomic E-state index is 0. The van der Waals surface area contributed by atoms with Crippen LogP contribution in [0.2, 0.25) is 5.02 Å². The Morgan fingerprint density at radius 1 is 1.41 bits per heavy atom. The maximum Gasteiger partial charge on any atom is 0.209 e. The lowest BCUT2D eigenvalue weighted by molar-refractivity contribution is -0.00000475. The largest absolute Gasteiger partial charge is 1.00 e. The lowest BCUT2D eigenvalue weighted by atomic mass is 10.2. The van der Waals surface area contributed by atoms with E-state index >= 15 is 0 Å².